The maximum Gasteiger partial charge on any atom is 0.407 e. The van der Waals surface area contributed by atoms with E-state index in [2.05, 4.69) is 15.6 Å². The van der Waals surface area contributed by atoms with Crippen molar-refractivity contribution in [2.24, 2.45) is 0 Å². The van der Waals surface area contributed by atoms with Gasteiger partial charge in [0.1, 0.15) is 5.60 Å². The van der Waals surface area contributed by atoms with Gasteiger partial charge in [0.25, 0.3) is 0 Å². The zero-order valence-corrected chi connectivity index (χ0v) is 14.5. The standard InChI is InChI=1S/C16H27N3O2S/c1-16(2,3)21-15(20)19-13-6-4-5-12(11-13)17-8-7-14-18-9-10-22-14/h9-10,12-13,17H,4-8,11H2,1-3H3,(H,19,20). The Morgan fingerprint density at radius 1 is 1.41 bits per heavy atom. The molecule has 22 heavy (non-hydrogen) atoms. The summed E-state index contributed by atoms with van der Waals surface area (Å²) in [6.07, 6.45) is 6.82. The fraction of sp³-hybridized carbons (Fsp3) is 0.750. The second kappa shape index (κ2) is 7.92. The molecule has 0 aliphatic heterocycles. The highest BCUT2D eigenvalue weighted by Crippen LogP contribution is 2.19. The molecule has 1 fully saturated rings. The SMILES string of the molecule is CC(C)(C)OC(=O)NC1CCCC(NCCc2nccs2)C1. The number of aromatic nitrogens is 1. The van der Waals surface area contributed by atoms with Gasteiger partial charge in [0.05, 0.1) is 5.01 Å². The van der Waals surface area contributed by atoms with Crippen molar-refractivity contribution in [3.8, 4) is 0 Å². The van der Waals surface area contributed by atoms with Gasteiger partial charge in [-0.1, -0.05) is 0 Å². The number of carbonyl (C=O) groups is 1. The average Bonchev–Trinajstić information content (AvgIpc) is 2.90. The molecule has 5 nitrogen and oxygen atoms in total. The van der Waals surface area contributed by atoms with E-state index in [0.717, 1.165) is 32.2 Å². The number of nitrogens with zero attached hydrogens (tertiary/aromatic N) is 1. The first-order valence-corrected chi connectivity index (χ1v) is 8.91. The van der Waals surface area contributed by atoms with Crippen molar-refractivity contribution in [3.63, 3.8) is 0 Å². The molecule has 1 aromatic rings. The molecule has 1 aromatic heterocycles. The van der Waals surface area contributed by atoms with E-state index in [-0.39, 0.29) is 12.1 Å². The van der Waals surface area contributed by atoms with Crippen molar-refractivity contribution in [1.29, 1.82) is 0 Å². The summed E-state index contributed by atoms with van der Waals surface area (Å²) in [5.74, 6) is 0. The largest absolute Gasteiger partial charge is 0.444 e. The Morgan fingerprint density at radius 3 is 2.86 bits per heavy atom. The fourth-order valence-corrected chi connectivity index (χ4v) is 3.36. The molecule has 1 amide bonds. The van der Waals surface area contributed by atoms with Crippen LogP contribution in [0.2, 0.25) is 0 Å². The number of hydrogen-bond donors (Lipinski definition) is 2. The minimum Gasteiger partial charge on any atom is -0.444 e. The predicted octanol–water partition coefficient (Wildman–Crippen LogP) is 3.11. The van der Waals surface area contributed by atoms with E-state index in [0.29, 0.717) is 6.04 Å². The maximum absolute atomic E-state index is 11.8. The number of rotatable bonds is 5. The monoisotopic (exact) mass is 325 g/mol. The van der Waals surface area contributed by atoms with E-state index in [1.54, 1.807) is 11.3 Å². The third kappa shape index (κ3) is 6.32. The molecule has 1 aliphatic rings. The normalized spacial score (nSPS) is 22.3. The quantitative estimate of drug-likeness (QED) is 0.873. The van der Waals surface area contributed by atoms with Crippen LogP contribution in [0.15, 0.2) is 11.6 Å². The zero-order valence-electron chi connectivity index (χ0n) is 13.7. The highest BCUT2D eigenvalue weighted by atomic mass is 32.1. The molecule has 1 aliphatic carbocycles. The van der Waals surface area contributed by atoms with Gasteiger partial charge in [-0.25, -0.2) is 9.78 Å². The van der Waals surface area contributed by atoms with Gasteiger partial charge < -0.3 is 15.4 Å². The van der Waals surface area contributed by atoms with Gasteiger partial charge in [-0.05, 0) is 46.5 Å². The molecule has 0 spiro atoms. The first kappa shape index (κ1) is 17.2. The first-order chi connectivity index (χ1) is 10.4. The van der Waals surface area contributed by atoms with Crippen molar-refractivity contribution in [1.82, 2.24) is 15.6 Å². The van der Waals surface area contributed by atoms with Gasteiger partial charge in [-0.2, -0.15) is 0 Å². The van der Waals surface area contributed by atoms with Crippen LogP contribution in [0, 0.1) is 0 Å². The third-order valence-electron chi connectivity index (χ3n) is 3.65. The summed E-state index contributed by atoms with van der Waals surface area (Å²) in [4.78, 5) is 16.1. The minimum absolute atomic E-state index is 0.209. The van der Waals surface area contributed by atoms with E-state index >= 15 is 0 Å². The lowest BCUT2D eigenvalue weighted by atomic mass is 9.91. The van der Waals surface area contributed by atoms with Crippen molar-refractivity contribution >= 4 is 17.4 Å². The van der Waals surface area contributed by atoms with Crippen LogP contribution in [-0.2, 0) is 11.2 Å². The highest BCUT2D eigenvalue weighted by Gasteiger charge is 2.25. The van der Waals surface area contributed by atoms with Crippen LogP contribution in [0.3, 0.4) is 0 Å². The Hall–Kier alpha value is -1.14. The lowest BCUT2D eigenvalue weighted by Crippen LogP contribution is -2.46. The van der Waals surface area contributed by atoms with E-state index in [4.69, 9.17) is 4.74 Å². The zero-order chi connectivity index (χ0) is 16.0. The number of amides is 1. The molecule has 1 heterocycles. The second-order valence-corrected chi connectivity index (χ2v) is 7.82. The Balaban J connectivity index is 1.68. The van der Waals surface area contributed by atoms with Crippen LogP contribution in [0.4, 0.5) is 4.79 Å². The fourth-order valence-electron chi connectivity index (χ4n) is 2.74. The summed E-state index contributed by atoms with van der Waals surface area (Å²) in [7, 11) is 0. The summed E-state index contributed by atoms with van der Waals surface area (Å²) >= 11 is 1.70. The molecule has 0 bridgehead atoms. The van der Waals surface area contributed by atoms with E-state index < -0.39 is 5.60 Å². The van der Waals surface area contributed by atoms with Gasteiger partial charge in [0.2, 0.25) is 0 Å². The van der Waals surface area contributed by atoms with Gasteiger partial charge in [0, 0.05) is 36.6 Å². The van der Waals surface area contributed by atoms with Gasteiger partial charge in [-0.3, -0.25) is 0 Å². The van der Waals surface area contributed by atoms with E-state index in [1.165, 1.54) is 11.4 Å². The molecular weight excluding hydrogens is 298 g/mol. The Kier molecular flexibility index (Phi) is 6.20. The summed E-state index contributed by atoms with van der Waals surface area (Å²) in [6.45, 7) is 6.60. The van der Waals surface area contributed by atoms with Gasteiger partial charge >= 0.3 is 6.09 Å². The lowest BCUT2D eigenvalue weighted by molar-refractivity contribution is 0.0489. The van der Waals surface area contributed by atoms with Crippen LogP contribution in [0.1, 0.15) is 51.5 Å². The highest BCUT2D eigenvalue weighted by molar-refractivity contribution is 7.09. The van der Waals surface area contributed by atoms with Crippen molar-refractivity contribution in [2.75, 3.05) is 6.54 Å². The van der Waals surface area contributed by atoms with Gasteiger partial charge in [-0.15, -0.1) is 11.3 Å². The smallest absolute Gasteiger partial charge is 0.407 e. The van der Waals surface area contributed by atoms with Crippen molar-refractivity contribution in [3.05, 3.63) is 16.6 Å². The van der Waals surface area contributed by atoms with Gasteiger partial charge in [0.15, 0.2) is 0 Å². The van der Waals surface area contributed by atoms with Crippen molar-refractivity contribution < 1.29 is 9.53 Å². The summed E-state index contributed by atoms with van der Waals surface area (Å²) in [6, 6.07) is 0.676. The Labute approximate surface area is 136 Å². The third-order valence-corrected chi connectivity index (χ3v) is 4.49. The van der Waals surface area contributed by atoms with Crippen molar-refractivity contribution in [2.45, 2.75) is 70.6 Å². The topological polar surface area (TPSA) is 63.2 Å². The number of alkyl carbamates (subject to hydrolysis) is 1. The summed E-state index contributed by atoms with van der Waals surface area (Å²) in [5.41, 5.74) is -0.440. The number of ether oxygens (including phenoxy) is 1. The Bertz CT molecular complexity index is 456. The molecule has 2 rings (SSSR count). The molecule has 1 saturated carbocycles. The van der Waals surface area contributed by atoms with Crippen LogP contribution >= 0.6 is 11.3 Å². The number of carbonyl (C=O) groups excluding carboxylic acids is 1. The van der Waals surface area contributed by atoms with Crippen LogP contribution in [-0.4, -0.2) is 35.3 Å². The molecule has 2 N–H and O–H groups in total. The predicted molar refractivity (Wildman–Crippen MR) is 89.2 cm³/mol. The average molecular weight is 325 g/mol. The molecule has 124 valence electrons. The van der Waals surface area contributed by atoms with Crippen LogP contribution in [0.5, 0.6) is 0 Å². The lowest BCUT2D eigenvalue weighted by Gasteiger charge is -2.31. The summed E-state index contributed by atoms with van der Waals surface area (Å²) in [5, 5.41) is 9.77. The first-order valence-electron chi connectivity index (χ1n) is 8.03. The maximum atomic E-state index is 11.8. The molecule has 0 saturated heterocycles. The summed E-state index contributed by atoms with van der Waals surface area (Å²) < 4.78 is 5.33. The molecule has 6 heteroatoms. The molecular formula is C16H27N3O2S. The van der Waals surface area contributed by atoms with Crippen LogP contribution < -0.4 is 10.6 Å². The molecule has 0 radical (unpaired) electrons. The number of hydrogen-bond acceptors (Lipinski definition) is 5. The number of nitrogens with one attached hydrogen (secondary N) is 2. The van der Waals surface area contributed by atoms with Crippen LogP contribution in [0.25, 0.3) is 0 Å². The number of thiazole rings is 1. The Morgan fingerprint density at radius 2 is 2.18 bits per heavy atom. The molecule has 2 atom stereocenters. The minimum atomic E-state index is -0.440. The molecule has 2 unspecified atom stereocenters. The molecule has 0 aromatic carbocycles. The van der Waals surface area contributed by atoms with E-state index in [9.17, 15) is 4.79 Å². The second-order valence-electron chi connectivity index (χ2n) is 6.84. The van der Waals surface area contributed by atoms with E-state index in [1.807, 2.05) is 32.3 Å².